The van der Waals surface area contributed by atoms with Gasteiger partial charge in [0.1, 0.15) is 35.7 Å². The van der Waals surface area contributed by atoms with Crippen LogP contribution in [-0.4, -0.2) is 72.2 Å². The largest absolute Gasteiger partial charge is 0.492 e. The summed E-state index contributed by atoms with van der Waals surface area (Å²) in [6.07, 6.45) is 8.27. The van der Waals surface area contributed by atoms with Gasteiger partial charge in [0, 0.05) is 47.7 Å². The van der Waals surface area contributed by atoms with Gasteiger partial charge in [0.15, 0.2) is 5.82 Å². The molecule has 0 radical (unpaired) electrons. The average molecular weight is 496 g/mol. The predicted molar refractivity (Wildman–Crippen MR) is 137 cm³/mol. The van der Waals surface area contributed by atoms with E-state index in [0.29, 0.717) is 47.2 Å². The van der Waals surface area contributed by atoms with Crippen molar-refractivity contribution in [3.05, 3.63) is 67.3 Å². The highest BCUT2D eigenvalue weighted by Crippen LogP contribution is 2.32. The van der Waals surface area contributed by atoms with Crippen molar-refractivity contribution in [2.75, 3.05) is 27.2 Å². The van der Waals surface area contributed by atoms with E-state index in [1.807, 2.05) is 31.1 Å². The minimum absolute atomic E-state index is 0.407. The molecule has 11 heteroatoms. The van der Waals surface area contributed by atoms with Gasteiger partial charge in [-0.3, -0.25) is 15.1 Å². The summed E-state index contributed by atoms with van der Waals surface area (Å²) in [5, 5.41) is 8.33. The van der Waals surface area contributed by atoms with E-state index in [1.165, 1.54) is 18.5 Å². The number of fused-ring (bicyclic) bond motifs is 2. The van der Waals surface area contributed by atoms with Gasteiger partial charge in [0.2, 0.25) is 0 Å². The van der Waals surface area contributed by atoms with E-state index in [1.54, 1.807) is 30.9 Å². The molecule has 6 aromatic rings. The molecule has 0 saturated carbocycles. The highest BCUT2D eigenvalue weighted by Gasteiger charge is 2.18. The van der Waals surface area contributed by atoms with Crippen LogP contribution in [0.2, 0.25) is 0 Å². The lowest BCUT2D eigenvalue weighted by molar-refractivity contribution is 0.260. The molecule has 0 fully saturated rings. The summed E-state index contributed by atoms with van der Waals surface area (Å²) in [5.74, 6) is 0.584. The number of hydrogen-bond donors (Lipinski definition) is 2. The summed E-state index contributed by atoms with van der Waals surface area (Å²) in [5.41, 5.74) is 5.37. The van der Waals surface area contributed by atoms with Crippen LogP contribution >= 0.6 is 0 Å². The molecular formula is C26H22FN9O. The number of imidazole rings is 1. The number of rotatable bonds is 7. The summed E-state index contributed by atoms with van der Waals surface area (Å²) >= 11 is 0. The normalized spacial score (nSPS) is 11.6. The Hall–Kier alpha value is -4.77. The number of halogens is 1. The van der Waals surface area contributed by atoms with Crippen molar-refractivity contribution in [1.29, 1.82) is 0 Å². The number of ether oxygens (including phenoxy) is 1. The van der Waals surface area contributed by atoms with Crippen molar-refractivity contribution in [2.45, 2.75) is 0 Å². The van der Waals surface area contributed by atoms with Crippen LogP contribution in [0.3, 0.4) is 0 Å². The third-order valence-electron chi connectivity index (χ3n) is 5.88. The Bertz CT molecular complexity index is 1710. The van der Waals surface area contributed by atoms with Crippen LogP contribution in [0.1, 0.15) is 0 Å². The first-order chi connectivity index (χ1) is 18.0. The number of nitrogens with zero attached hydrogens (tertiary/aromatic N) is 7. The number of benzene rings is 1. The smallest absolute Gasteiger partial charge is 0.159 e. The highest BCUT2D eigenvalue weighted by atomic mass is 19.1. The number of H-pyrrole nitrogens is 2. The fourth-order valence-electron chi connectivity index (χ4n) is 4.07. The molecule has 0 aliphatic rings. The lowest BCUT2D eigenvalue weighted by Gasteiger charge is -2.12. The molecule has 0 aliphatic carbocycles. The van der Waals surface area contributed by atoms with E-state index in [-0.39, 0.29) is 0 Å². The first-order valence-electron chi connectivity index (χ1n) is 11.6. The molecule has 0 spiro atoms. The Balaban J connectivity index is 1.41. The molecule has 0 bridgehead atoms. The molecule has 0 unspecified atom stereocenters. The second kappa shape index (κ2) is 9.36. The first-order valence-corrected chi connectivity index (χ1v) is 11.6. The molecule has 0 amide bonds. The zero-order valence-electron chi connectivity index (χ0n) is 20.1. The van der Waals surface area contributed by atoms with Crippen LogP contribution in [0.15, 0.2) is 61.4 Å². The van der Waals surface area contributed by atoms with Crippen LogP contribution in [0.25, 0.3) is 56.0 Å². The van der Waals surface area contributed by atoms with E-state index in [2.05, 4.69) is 35.1 Å². The van der Waals surface area contributed by atoms with Gasteiger partial charge in [-0.15, -0.1) is 0 Å². The maximum Gasteiger partial charge on any atom is 0.159 e. The van der Waals surface area contributed by atoms with Crippen molar-refractivity contribution in [3.8, 4) is 39.8 Å². The fourth-order valence-corrected chi connectivity index (χ4v) is 4.07. The van der Waals surface area contributed by atoms with Crippen molar-refractivity contribution in [3.63, 3.8) is 0 Å². The van der Waals surface area contributed by atoms with Gasteiger partial charge in [-0.1, -0.05) is 0 Å². The van der Waals surface area contributed by atoms with Gasteiger partial charge >= 0.3 is 0 Å². The molecule has 10 nitrogen and oxygen atoms in total. The minimum atomic E-state index is -0.407. The van der Waals surface area contributed by atoms with Gasteiger partial charge in [-0.05, 0) is 38.4 Å². The third kappa shape index (κ3) is 4.47. The molecule has 1 aromatic carbocycles. The molecule has 0 atom stereocenters. The number of aromatic nitrogens is 8. The number of hydrogen-bond acceptors (Lipinski definition) is 8. The number of pyridine rings is 2. The van der Waals surface area contributed by atoms with E-state index in [0.717, 1.165) is 27.7 Å². The topological polar surface area (TPSA) is 121 Å². The maximum absolute atomic E-state index is 14.5. The average Bonchev–Trinajstić information content (AvgIpc) is 3.52. The summed E-state index contributed by atoms with van der Waals surface area (Å²) in [7, 11) is 3.91. The Labute approximate surface area is 210 Å². The fraction of sp³-hybridized carbons (Fsp3) is 0.154. The van der Waals surface area contributed by atoms with Gasteiger partial charge in [0.05, 0.1) is 28.6 Å². The maximum atomic E-state index is 14.5. The SMILES string of the molecule is CN(C)CCOc1cc(F)cc(-c2nccc3[nH]c(-c4n[nH]c5cnc(-c6cncnc6)cc45)nc23)c1. The quantitative estimate of drug-likeness (QED) is 0.340. The minimum Gasteiger partial charge on any atom is -0.492 e. The van der Waals surface area contributed by atoms with Crippen LogP contribution in [-0.2, 0) is 0 Å². The Morgan fingerprint density at radius 2 is 1.81 bits per heavy atom. The number of likely N-dealkylation sites (N-methyl/N-ethyl adjacent to an activating group) is 1. The zero-order chi connectivity index (χ0) is 25.4. The van der Waals surface area contributed by atoms with E-state index >= 15 is 0 Å². The van der Waals surface area contributed by atoms with Crippen LogP contribution < -0.4 is 4.74 Å². The van der Waals surface area contributed by atoms with Gasteiger partial charge in [-0.25, -0.2) is 19.3 Å². The Kier molecular flexibility index (Phi) is 5.73. The number of nitrogens with one attached hydrogen (secondary N) is 2. The number of aromatic amines is 2. The summed E-state index contributed by atoms with van der Waals surface area (Å²) < 4.78 is 20.3. The lowest BCUT2D eigenvalue weighted by atomic mass is 10.1. The summed E-state index contributed by atoms with van der Waals surface area (Å²) in [4.78, 5) is 27.3. The van der Waals surface area contributed by atoms with Crippen LogP contribution in [0.4, 0.5) is 4.39 Å². The second-order valence-corrected chi connectivity index (χ2v) is 8.78. The molecule has 2 N–H and O–H groups in total. The highest BCUT2D eigenvalue weighted by molar-refractivity contribution is 5.96. The molecule has 37 heavy (non-hydrogen) atoms. The second-order valence-electron chi connectivity index (χ2n) is 8.78. The van der Waals surface area contributed by atoms with Crippen molar-refractivity contribution < 1.29 is 9.13 Å². The van der Waals surface area contributed by atoms with E-state index < -0.39 is 5.82 Å². The molecule has 5 aromatic heterocycles. The van der Waals surface area contributed by atoms with Crippen LogP contribution in [0.5, 0.6) is 5.75 Å². The molecular weight excluding hydrogens is 473 g/mol. The lowest BCUT2D eigenvalue weighted by Crippen LogP contribution is -2.19. The standard InChI is InChI=1S/C26H22FN9O/c1-36(2)5-6-37-18-8-15(7-17(27)9-18)23-25-20(3-4-30-23)32-26(33-25)24-19-10-21(16-11-28-14-29-12-16)31-13-22(19)34-35-24/h3-4,7-14H,5-6H2,1-2H3,(H,32,33)(H,34,35). The Morgan fingerprint density at radius 1 is 0.946 bits per heavy atom. The summed E-state index contributed by atoms with van der Waals surface area (Å²) in [6, 6.07) is 8.32. The molecule has 0 saturated heterocycles. The summed E-state index contributed by atoms with van der Waals surface area (Å²) in [6.45, 7) is 1.16. The Morgan fingerprint density at radius 3 is 2.65 bits per heavy atom. The molecule has 5 heterocycles. The van der Waals surface area contributed by atoms with Crippen molar-refractivity contribution in [1.82, 2.24) is 45.0 Å². The van der Waals surface area contributed by atoms with E-state index in [9.17, 15) is 4.39 Å². The van der Waals surface area contributed by atoms with Gasteiger partial charge in [-0.2, -0.15) is 5.10 Å². The predicted octanol–water partition coefficient (Wildman–Crippen LogP) is 4.10. The van der Waals surface area contributed by atoms with Crippen molar-refractivity contribution in [2.24, 2.45) is 0 Å². The molecule has 0 aliphatic heterocycles. The van der Waals surface area contributed by atoms with Gasteiger partial charge < -0.3 is 14.6 Å². The first kappa shape index (κ1) is 22.7. The molecule has 184 valence electrons. The third-order valence-corrected chi connectivity index (χ3v) is 5.88. The van der Waals surface area contributed by atoms with Gasteiger partial charge in [0.25, 0.3) is 0 Å². The van der Waals surface area contributed by atoms with Crippen molar-refractivity contribution >= 4 is 21.9 Å². The molecule has 6 rings (SSSR count). The monoisotopic (exact) mass is 495 g/mol. The van der Waals surface area contributed by atoms with E-state index in [4.69, 9.17) is 9.72 Å². The van der Waals surface area contributed by atoms with Crippen LogP contribution in [0, 0.1) is 5.82 Å². The zero-order valence-corrected chi connectivity index (χ0v) is 20.1.